The van der Waals surface area contributed by atoms with Crippen molar-refractivity contribution in [2.75, 3.05) is 5.73 Å². The molecule has 0 aliphatic heterocycles. The van der Waals surface area contributed by atoms with Crippen molar-refractivity contribution in [3.8, 4) is 0 Å². The van der Waals surface area contributed by atoms with Crippen LogP contribution in [0, 0.1) is 11.8 Å². The number of carboxylic acids is 1. The van der Waals surface area contributed by atoms with E-state index >= 15 is 0 Å². The van der Waals surface area contributed by atoms with Gasteiger partial charge in [0.25, 0.3) is 0 Å². The lowest BCUT2D eigenvalue weighted by atomic mass is 9.92. The van der Waals surface area contributed by atoms with Crippen molar-refractivity contribution in [2.24, 2.45) is 11.8 Å². The molecule has 1 fully saturated rings. The molecule has 1 aliphatic carbocycles. The average Bonchev–Trinajstić information content (AvgIpc) is 2.84. The molecular weight excluding hydrogens is 226 g/mol. The van der Waals surface area contributed by atoms with Crippen molar-refractivity contribution in [3.05, 3.63) is 5.01 Å². The molecule has 1 unspecified atom stereocenters. The van der Waals surface area contributed by atoms with Crippen molar-refractivity contribution in [1.82, 2.24) is 10.2 Å². The van der Waals surface area contributed by atoms with E-state index in [1.807, 2.05) is 0 Å². The first-order valence-electron chi connectivity index (χ1n) is 5.39. The summed E-state index contributed by atoms with van der Waals surface area (Å²) in [5.74, 6) is -0.369. The molecule has 3 atom stereocenters. The molecule has 2 rings (SSSR count). The van der Waals surface area contributed by atoms with Crippen LogP contribution in [0.25, 0.3) is 0 Å². The van der Waals surface area contributed by atoms with Gasteiger partial charge in [-0.15, -0.1) is 10.2 Å². The van der Waals surface area contributed by atoms with E-state index in [1.54, 1.807) is 6.92 Å². The maximum atomic E-state index is 10.9. The minimum atomic E-state index is -0.706. The summed E-state index contributed by atoms with van der Waals surface area (Å²) in [6, 6.07) is 0. The summed E-state index contributed by atoms with van der Waals surface area (Å²) in [7, 11) is 0. The zero-order valence-electron chi connectivity index (χ0n) is 9.09. The summed E-state index contributed by atoms with van der Waals surface area (Å²) in [6.07, 6.45) is 2.84. The van der Waals surface area contributed by atoms with E-state index in [-0.39, 0.29) is 11.8 Å². The van der Waals surface area contributed by atoms with Gasteiger partial charge in [-0.3, -0.25) is 4.79 Å². The lowest BCUT2D eigenvalue weighted by molar-refractivity contribution is -0.142. The fourth-order valence-corrected chi connectivity index (χ4v) is 3.07. The van der Waals surface area contributed by atoms with Gasteiger partial charge in [-0.2, -0.15) is 0 Å². The molecule has 5 nitrogen and oxygen atoms in total. The van der Waals surface area contributed by atoms with Crippen LogP contribution in [0.4, 0.5) is 5.13 Å². The van der Waals surface area contributed by atoms with E-state index in [9.17, 15) is 4.79 Å². The predicted octanol–water partition coefficient (Wildman–Crippen LogP) is 1.72. The summed E-state index contributed by atoms with van der Waals surface area (Å²) in [5, 5.41) is 18.2. The number of nitrogen functional groups attached to an aromatic ring is 1. The number of hydrogen-bond acceptors (Lipinski definition) is 5. The second kappa shape index (κ2) is 4.37. The van der Waals surface area contributed by atoms with Crippen LogP contribution in [0.5, 0.6) is 0 Å². The van der Waals surface area contributed by atoms with Gasteiger partial charge < -0.3 is 10.8 Å². The third kappa shape index (κ3) is 2.16. The minimum Gasteiger partial charge on any atom is -0.481 e. The zero-order chi connectivity index (χ0) is 11.7. The Labute approximate surface area is 97.7 Å². The van der Waals surface area contributed by atoms with E-state index in [0.29, 0.717) is 11.0 Å². The molecule has 0 radical (unpaired) electrons. The summed E-state index contributed by atoms with van der Waals surface area (Å²) in [6.45, 7) is 1.78. The van der Waals surface area contributed by atoms with Crippen LogP contribution in [0.3, 0.4) is 0 Å². The van der Waals surface area contributed by atoms with E-state index in [1.165, 1.54) is 11.3 Å². The summed E-state index contributed by atoms with van der Waals surface area (Å²) >= 11 is 1.42. The predicted molar refractivity (Wildman–Crippen MR) is 61.2 cm³/mol. The van der Waals surface area contributed by atoms with Crippen LogP contribution < -0.4 is 5.73 Å². The smallest absolute Gasteiger partial charge is 0.306 e. The standard InChI is InChI=1S/C10H15N3O2S/c1-5(9(14)15)6-2-3-7(4-6)8-12-13-10(11)16-8/h5-7H,2-4H2,1H3,(H2,11,13)(H,14,15)/t5?,6-,7+/m0/s1. The first kappa shape index (κ1) is 11.3. The van der Waals surface area contributed by atoms with E-state index < -0.39 is 5.97 Å². The van der Waals surface area contributed by atoms with Gasteiger partial charge in [0.15, 0.2) is 0 Å². The molecule has 0 spiro atoms. The van der Waals surface area contributed by atoms with Crippen molar-refractivity contribution < 1.29 is 9.90 Å². The number of nitrogens with two attached hydrogens (primary N) is 1. The summed E-state index contributed by atoms with van der Waals surface area (Å²) < 4.78 is 0. The van der Waals surface area contributed by atoms with Crippen molar-refractivity contribution >= 4 is 22.4 Å². The van der Waals surface area contributed by atoms with Gasteiger partial charge in [0.05, 0.1) is 5.92 Å². The Balaban J connectivity index is 2.00. The number of carbonyl (C=O) groups is 1. The highest BCUT2D eigenvalue weighted by atomic mass is 32.1. The summed E-state index contributed by atoms with van der Waals surface area (Å²) in [5.41, 5.74) is 5.54. The molecule has 1 aromatic rings. The third-order valence-corrected chi connectivity index (χ3v) is 4.29. The van der Waals surface area contributed by atoms with Gasteiger partial charge in [0.2, 0.25) is 5.13 Å². The van der Waals surface area contributed by atoms with Crippen LogP contribution >= 0.6 is 11.3 Å². The fraction of sp³-hybridized carbons (Fsp3) is 0.700. The van der Waals surface area contributed by atoms with Gasteiger partial charge in [-0.25, -0.2) is 0 Å². The molecule has 16 heavy (non-hydrogen) atoms. The molecule has 0 bridgehead atoms. The molecule has 6 heteroatoms. The Morgan fingerprint density at radius 2 is 2.31 bits per heavy atom. The molecule has 1 saturated carbocycles. The first-order chi connectivity index (χ1) is 7.58. The highest BCUT2D eigenvalue weighted by Gasteiger charge is 2.34. The highest BCUT2D eigenvalue weighted by molar-refractivity contribution is 7.15. The van der Waals surface area contributed by atoms with Crippen LogP contribution in [-0.2, 0) is 4.79 Å². The van der Waals surface area contributed by atoms with Gasteiger partial charge in [-0.1, -0.05) is 18.3 Å². The number of aromatic nitrogens is 2. The number of rotatable bonds is 3. The number of nitrogens with zero attached hydrogens (tertiary/aromatic N) is 2. The lowest BCUT2D eigenvalue weighted by Gasteiger charge is -2.14. The van der Waals surface area contributed by atoms with Crippen LogP contribution in [0.2, 0.25) is 0 Å². The number of anilines is 1. The van der Waals surface area contributed by atoms with Crippen LogP contribution in [0.15, 0.2) is 0 Å². The van der Waals surface area contributed by atoms with Crippen molar-refractivity contribution in [3.63, 3.8) is 0 Å². The molecule has 1 heterocycles. The van der Waals surface area contributed by atoms with Gasteiger partial charge in [0, 0.05) is 5.92 Å². The van der Waals surface area contributed by atoms with Crippen molar-refractivity contribution in [2.45, 2.75) is 32.1 Å². The molecular formula is C10H15N3O2S. The Morgan fingerprint density at radius 1 is 1.56 bits per heavy atom. The van der Waals surface area contributed by atoms with Gasteiger partial charge in [0.1, 0.15) is 5.01 Å². The lowest BCUT2D eigenvalue weighted by Crippen LogP contribution is -2.18. The Kier molecular flexibility index (Phi) is 3.09. The van der Waals surface area contributed by atoms with Crippen molar-refractivity contribution in [1.29, 1.82) is 0 Å². The van der Waals surface area contributed by atoms with Crippen LogP contribution in [0.1, 0.15) is 37.1 Å². The van der Waals surface area contributed by atoms with E-state index in [0.717, 1.165) is 24.3 Å². The molecule has 1 aliphatic rings. The van der Waals surface area contributed by atoms with Gasteiger partial charge >= 0.3 is 5.97 Å². The quantitative estimate of drug-likeness (QED) is 0.841. The molecule has 0 amide bonds. The van der Waals surface area contributed by atoms with Gasteiger partial charge in [-0.05, 0) is 25.2 Å². The number of hydrogen-bond donors (Lipinski definition) is 2. The Hall–Kier alpha value is -1.17. The topological polar surface area (TPSA) is 89.1 Å². The van der Waals surface area contributed by atoms with E-state index in [4.69, 9.17) is 10.8 Å². The fourth-order valence-electron chi connectivity index (χ4n) is 2.31. The Bertz CT molecular complexity index is 393. The molecule has 0 saturated heterocycles. The monoisotopic (exact) mass is 241 g/mol. The first-order valence-corrected chi connectivity index (χ1v) is 6.21. The second-order valence-corrected chi connectivity index (χ2v) is 5.42. The SMILES string of the molecule is CC(C(=O)O)[C@H]1CC[C@@H](c2nnc(N)s2)C1. The van der Waals surface area contributed by atoms with E-state index in [2.05, 4.69) is 10.2 Å². The van der Waals surface area contributed by atoms with Crippen LogP contribution in [-0.4, -0.2) is 21.3 Å². The zero-order valence-corrected chi connectivity index (χ0v) is 9.91. The average molecular weight is 241 g/mol. The summed E-state index contributed by atoms with van der Waals surface area (Å²) in [4.78, 5) is 10.9. The number of carboxylic acid groups (broad SMARTS) is 1. The maximum Gasteiger partial charge on any atom is 0.306 e. The second-order valence-electron chi connectivity index (χ2n) is 4.38. The highest BCUT2D eigenvalue weighted by Crippen LogP contribution is 2.42. The minimum absolute atomic E-state index is 0.257. The largest absolute Gasteiger partial charge is 0.481 e. The molecule has 1 aromatic heterocycles. The Morgan fingerprint density at radius 3 is 2.88 bits per heavy atom. The normalized spacial score (nSPS) is 26.8. The number of aliphatic carboxylic acids is 1. The molecule has 88 valence electrons. The third-order valence-electron chi connectivity index (χ3n) is 3.38. The molecule has 3 N–H and O–H groups in total. The maximum absolute atomic E-state index is 10.9. The molecule has 0 aromatic carbocycles.